The van der Waals surface area contributed by atoms with Gasteiger partial charge in [-0.1, -0.05) is 47.6 Å². The van der Waals surface area contributed by atoms with E-state index in [4.69, 9.17) is 14.0 Å². The van der Waals surface area contributed by atoms with Crippen LogP contribution >= 0.6 is 0 Å². The molecule has 3 heterocycles. The van der Waals surface area contributed by atoms with Gasteiger partial charge in [0, 0.05) is 38.8 Å². The highest BCUT2D eigenvalue weighted by molar-refractivity contribution is 6.24. The SMILES string of the molecule is COc1ccc([C@@H](CCCNC(=O)c2c(C)noc2C)N2C(=O)c3cccc(N4CCN(C(C)c5ccccc5)CC4)c3C2=O)cc1OC. The maximum atomic E-state index is 14.4. The fourth-order valence-corrected chi connectivity index (χ4v) is 7.02. The third kappa shape index (κ3) is 6.63. The highest BCUT2D eigenvalue weighted by Gasteiger charge is 2.43. The molecule has 0 bridgehead atoms. The van der Waals surface area contributed by atoms with Gasteiger partial charge in [-0.05, 0) is 69.0 Å². The van der Waals surface area contributed by atoms with E-state index in [0.29, 0.717) is 59.0 Å². The predicted molar refractivity (Wildman–Crippen MR) is 185 cm³/mol. The lowest BCUT2D eigenvalue weighted by Crippen LogP contribution is -2.47. The summed E-state index contributed by atoms with van der Waals surface area (Å²) < 4.78 is 16.2. The van der Waals surface area contributed by atoms with E-state index >= 15 is 0 Å². The summed E-state index contributed by atoms with van der Waals surface area (Å²) in [4.78, 5) is 47.5. The highest BCUT2D eigenvalue weighted by atomic mass is 16.5. The molecule has 0 spiro atoms. The number of amides is 3. The second-order valence-electron chi connectivity index (χ2n) is 12.5. The number of nitrogens with one attached hydrogen (secondary N) is 1. The van der Waals surface area contributed by atoms with E-state index in [9.17, 15) is 14.4 Å². The first-order valence-corrected chi connectivity index (χ1v) is 16.7. The molecule has 1 aromatic heterocycles. The first kappa shape index (κ1) is 33.7. The molecule has 1 N–H and O–H groups in total. The van der Waals surface area contributed by atoms with Gasteiger partial charge in [0.15, 0.2) is 11.5 Å². The van der Waals surface area contributed by atoms with Crippen molar-refractivity contribution in [3.63, 3.8) is 0 Å². The summed E-state index contributed by atoms with van der Waals surface area (Å²) in [5.41, 5.74) is 4.57. The molecule has 4 aromatic rings. The van der Waals surface area contributed by atoms with Gasteiger partial charge in [-0.3, -0.25) is 24.2 Å². The Kier molecular flexibility index (Phi) is 10.0. The molecule has 1 fully saturated rings. The third-order valence-electron chi connectivity index (χ3n) is 9.71. The van der Waals surface area contributed by atoms with Crippen LogP contribution in [-0.2, 0) is 0 Å². The molecular formula is C38H43N5O6. The predicted octanol–water partition coefficient (Wildman–Crippen LogP) is 5.74. The van der Waals surface area contributed by atoms with Gasteiger partial charge in [0.05, 0.1) is 42.8 Å². The second-order valence-corrected chi connectivity index (χ2v) is 12.5. The molecule has 2 aliphatic heterocycles. The van der Waals surface area contributed by atoms with Crippen molar-refractivity contribution >= 4 is 23.4 Å². The first-order valence-electron chi connectivity index (χ1n) is 16.7. The molecular weight excluding hydrogens is 622 g/mol. The van der Waals surface area contributed by atoms with Crippen molar-refractivity contribution in [1.29, 1.82) is 0 Å². The minimum atomic E-state index is -0.611. The molecule has 49 heavy (non-hydrogen) atoms. The van der Waals surface area contributed by atoms with Crippen LogP contribution in [-0.4, -0.2) is 79.6 Å². The molecule has 0 radical (unpaired) electrons. The number of fused-ring (bicyclic) bond motifs is 1. The number of rotatable bonds is 12. The number of imide groups is 1. The second kappa shape index (κ2) is 14.5. The Bertz CT molecular complexity index is 1810. The molecule has 1 unspecified atom stereocenters. The minimum Gasteiger partial charge on any atom is -0.493 e. The molecule has 256 valence electrons. The average Bonchev–Trinajstić information content (AvgIpc) is 3.61. The molecule has 6 rings (SSSR count). The summed E-state index contributed by atoms with van der Waals surface area (Å²) >= 11 is 0. The lowest BCUT2D eigenvalue weighted by atomic mass is 9.99. The van der Waals surface area contributed by atoms with E-state index < -0.39 is 6.04 Å². The Balaban J connectivity index is 1.23. The standard InChI is InChI=1S/C38H43N5O6/c1-24-34(26(3)49-40-24)36(44)39-18-10-15-30(28-16-17-32(47-4)33(23-28)48-5)43-37(45)29-13-9-14-31(35(29)38(43)46)42-21-19-41(20-22-42)25(2)27-11-7-6-8-12-27/h6-9,11-14,16-17,23,25,30H,10,15,18-22H2,1-5H3,(H,39,44)/t25?,30-/m1/s1. The molecule has 3 amide bonds. The number of hydrogen-bond acceptors (Lipinski definition) is 9. The quantitative estimate of drug-likeness (QED) is 0.149. The van der Waals surface area contributed by atoms with E-state index in [2.05, 4.69) is 51.5 Å². The van der Waals surface area contributed by atoms with Crippen molar-refractivity contribution in [3.05, 3.63) is 106 Å². The lowest BCUT2D eigenvalue weighted by Gasteiger charge is -2.39. The zero-order chi connectivity index (χ0) is 34.7. The molecule has 11 nitrogen and oxygen atoms in total. The van der Waals surface area contributed by atoms with Gasteiger partial charge < -0.3 is 24.2 Å². The summed E-state index contributed by atoms with van der Waals surface area (Å²) in [6, 6.07) is 21.1. The molecule has 2 atom stereocenters. The monoisotopic (exact) mass is 665 g/mol. The number of carbonyl (C=O) groups excluding carboxylic acids is 3. The summed E-state index contributed by atoms with van der Waals surface area (Å²) in [6.07, 6.45) is 0.907. The van der Waals surface area contributed by atoms with E-state index in [1.165, 1.54) is 10.5 Å². The topological polar surface area (TPSA) is 117 Å². The van der Waals surface area contributed by atoms with Crippen LogP contribution in [0.15, 0.2) is 71.3 Å². The summed E-state index contributed by atoms with van der Waals surface area (Å²) in [7, 11) is 3.11. The van der Waals surface area contributed by atoms with E-state index in [1.807, 2.05) is 30.3 Å². The van der Waals surface area contributed by atoms with Crippen LogP contribution in [0.3, 0.4) is 0 Å². The maximum absolute atomic E-state index is 14.4. The fourth-order valence-electron chi connectivity index (χ4n) is 7.02. The Labute approximate surface area is 286 Å². The van der Waals surface area contributed by atoms with E-state index in [1.54, 1.807) is 40.2 Å². The van der Waals surface area contributed by atoms with Gasteiger partial charge in [-0.25, -0.2) is 0 Å². The normalized spacial score (nSPS) is 16.0. The summed E-state index contributed by atoms with van der Waals surface area (Å²) in [5.74, 6) is 0.557. The number of ether oxygens (including phenoxy) is 2. The van der Waals surface area contributed by atoms with Crippen molar-refractivity contribution in [1.82, 2.24) is 20.3 Å². The molecule has 11 heteroatoms. The molecule has 2 aliphatic rings. The van der Waals surface area contributed by atoms with Crippen molar-refractivity contribution in [2.45, 2.75) is 45.7 Å². The molecule has 0 aliphatic carbocycles. The lowest BCUT2D eigenvalue weighted by molar-refractivity contribution is 0.0570. The van der Waals surface area contributed by atoms with Crippen molar-refractivity contribution in [2.24, 2.45) is 0 Å². The van der Waals surface area contributed by atoms with Crippen molar-refractivity contribution in [2.75, 3.05) is 51.8 Å². The first-order chi connectivity index (χ1) is 23.7. The van der Waals surface area contributed by atoms with Crippen LogP contribution in [0.4, 0.5) is 5.69 Å². The van der Waals surface area contributed by atoms with Gasteiger partial charge in [0.25, 0.3) is 17.7 Å². The van der Waals surface area contributed by atoms with Crippen molar-refractivity contribution in [3.8, 4) is 11.5 Å². The number of aryl methyl sites for hydroxylation is 2. The van der Waals surface area contributed by atoms with Crippen LogP contribution < -0.4 is 19.7 Å². The minimum absolute atomic E-state index is 0.275. The number of hydrogen-bond donors (Lipinski definition) is 1. The highest BCUT2D eigenvalue weighted by Crippen LogP contribution is 2.40. The van der Waals surface area contributed by atoms with Crippen LogP contribution in [0.5, 0.6) is 11.5 Å². The van der Waals surface area contributed by atoms with Crippen molar-refractivity contribution < 1.29 is 28.4 Å². The van der Waals surface area contributed by atoms with E-state index in [0.717, 1.165) is 37.4 Å². The molecule has 0 saturated carbocycles. The molecule has 1 saturated heterocycles. The van der Waals surface area contributed by atoms with E-state index in [-0.39, 0.29) is 23.8 Å². The van der Waals surface area contributed by atoms with Gasteiger partial charge in [0.2, 0.25) is 0 Å². The maximum Gasteiger partial charge on any atom is 0.264 e. The smallest absolute Gasteiger partial charge is 0.264 e. The number of anilines is 1. The van der Waals surface area contributed by atoms with Gasteiger partial charge in [0.1, 0.15) is 11.3 Å². The average molecular weight is 666 g/mol. The van der Waals surface area contributed by atoms with Gasteiger partial charge in [-0.2, -0.15) is 0 Å². The Morgan fingerprint density at radius 3 is 2.31 bits per heavy atom. The number of methoxy groups -OCH3 is 2. The van der Waals surface area contributed by atoms with Gasteiger partial charge in [-0.15, -0.1) is 0 Å². The van der Waals surface area contributed by atoms with Crippen LogP contribution in [0.2, 0.25) is 0 Å². The van der Waals surface area contributed by atoms with Crippen LogP contribution in [0, 0.1) is 13.8 Å². The Hall–Kier alpha value is -5.16. The van der Waals surface area contributed by atoms with Gasteiger partial charge >= 0.3 is 0 Å². The summed E-state index contributed by atoms with van der Waals surface area (Å²) in [5, 5.41) is 6.81. The number of aromatic nitrogens is 1. The summed E-state index contributed by atoms with van der Waals surface area (Å²) in [6.45, 7) is 9.11. The third-order valence-corrected chi connectivity index (χ3v) is 9.71. The largest absolute Gasteiger partial charge is 0.493 e. The number of carbonyl (C=O) groups is 3. The fraction of sp³-hybridized carbons (Fsp3) is 0.368. The molecule has 3 aromatic carbocycles. The number of piperazine rings is 1. The number of benzene rings is 3. The zero-order valence-corrected chi connectivity index (χ0v) is 28.7. The Morgan fingerprint density at radius 2 is 1.63 bits per heavy atom. The van der Waals surface area contributed by atoms with Crippen LogP contribution in [0.25, 0.3) is 0 Å². The zero-order valence-electron chi connectivity index (χ0n) is 28.7. The Morgan fingerprint density at radius 1 is 0.898 bits per heavy atom. The number of nitrogens with zero attached hydrogens (tertiary/aromatic N) is 4. The van der Waals surface area contributed by atoms with Crippen LogP contribution in [0.1, 0.15) is 85.5 Å².